The van der Waals surface area contributed by atoms with Gasteiger partial charge < -0.3 is 14.2 Å². The fourth-order valence-electron chi connectivity index (χ4n) is 6.33. The summed E-state index contributed by atoms with van der Waals surface area (Å²) in [6.45, 7) is 6.42. The highest BCUT2D eigenvalue weighted by Gasteiger charge is 2.19. The molecule has 0 fully saturated rings. The summed E-state index contributed by atoms with van der Waals surface area (Å²) in [5.41, 5.74) is 0. The van der Waals surface area contributed by atoms with E-state index in [0.29, 0.717) is 19.3 Å². The van der Waals surface area contributed by atoms with Gasteiger partial charge in [-0.1, -0.05) is 190 Å². The van der Waals surface area contributed by atoms with Gasteiger partial charge in [0.2, 0.25) is 0 Å². The molecular weight excluding hydrogens is 721 g/mol. The molecule has 0 amide bonds. The third kappa shape index (κ3) is 44.0. The number of unbranched alkanes of at least 4 members (excludes halogenated alkanes) is 19. The minimum absolute atomic E-state index is 0.0887. The molecule has 6 heteroatoms. The van der Waals surface area contributed by atoms with Gasteiger partial charge >= 0.3 is 17.9 Å². The Bertz CT molecular complexity index is 1110. The largest absolute Gasteiger partial charge is 0.462 e. The molecular formula is C52H88O6. The van der Waals surface area contributed by atoms with Crippen molar-refractivity contribution in [2.75, 3.05) is 13.2 Å². The first-order valence-electron chi connectivity index (χ1n) is 23.9. The van der Waals surface area contributed by atoms with E-state index in [4.69, 9.17) is 14.2 Å². The van der Waals surface area contributed by atoms with Gasteiger partial charge in [0.15, 0.2) is 6.10 Å². The molecule has 0 saturated carbocycles. The van der Waals surface area contributed by atoms with Gasteiger partial charge in [0.05, 0.1) is 0 Å². The molecule has 0 rings (SSSR count). The van der Waals surface area contributed by atoms with Gasteiger partial charge in [-0.05, 0) is 83.5 Å². The average molecular weight is 809 g/mol. The molecule has 0 spiro atoms. The summed E-state index contributed by atoms with van der Waals surface area (Å²) in [5.74, 6) is -0.937. The smallest absolute Gasteiger partial charge is 0.306 e. The van der Waals surface area contributed by atoms with Gasteiger partial charge in [0.25, 0.3) is 0 Å². The monoisotopic (exact) mass is 809 g/mol. The number of esters is 3. The molecule has 58 heavy (non-hydrogen) atoms. The predicted molar refractivity (Wildman–Crippen MR) is 247 cm³/mol. The number of rotatable bonds is 42. The van der Waals surface area contributed by atoms with E-state index in [-0.39, 0.29) is 31.1 Å². The second-order valence-corrected chi connectivity index (χ2v) is 15.6. The molecule has 0 N–H and O–H groups in total. The number of carbonyl (C=O) groups excluding carboxylic acids is 3. The van der Waals surface area contributed by atoms with Crippen molar-refractivity contribution in [1.82, 2.24) is 0 Å². The average Bonchev–Trinajstić information content (AvgIpc) is 3.22. The summed E-state index contributed by atoms with van der Waals surface area (Å²) in [5, 5.41) is 0. The summed E-state index contributed by atoms with van der Waals surface area (Å²) in [6, 6.07) is 0. The van der Waals surface area contributed by atoms with Crippen molar-refractivity contribution in [1.29, 1.82) is 0 Å². The summed E-state index contributed by atoms with van der Waals surface area (Å²) < 4.78 is 16.7. The van der Waals surface area contributed by atoms with E-state index in [1.807, 2.05) is 0 Å². The van der Waals surface area contributed by atoms with Crippen LogP contribution in [0.1, 0.15) is 220 Å². The van der Waals surface area contributed by atoms with Crippen LogP contribution in [0.25, 0.3) is 0 Å². The predicted octanol–water partition coefficient (Wildman–Crippen LogP) is 15.5. The Morgan fingerprint density at radius 2 is 0.690 bits per heavy atom. The molecule has 0 radical (unpaired) electrons. The Morgan fingerprint density at radius 1 is 0.362 bits per heavy atom. The summed E-state index contributed by atoms with van der Waals surface area (Å²) >= 11 is 0. The Balaban J connectivity index is 4.40. The lowest BCUT2D eigenvalue weighted by Gasteiger charge is -2.18. The third-order valence-corrected chi connectivity index (χ3v) is 9.95. The van der Waals surface area contributed by atoms with Crippen molar-refractivity contribution in [3.63, 3.8) is 0 Å². The molecule has 0 aromatic carbocycles. The fraction of sp³-hybridized carbons (Fsp3) is 0.712. The topological polar surface area (TPSA) is 78.9 Å². The Morgan fingerprint density at radius 3 is 1.14 bits per heavy atom. The number of hydrogen-bond acceptors (Lipinski definition) is 6. The van der Waals surface area contributed by atoms with E-state index >= 15 is 0 Å². The molecule has 0 aliphatic rings. The van der Waals surface area contributed by atoms with E-state index in [1.54, 1.807) is 0 Å². The molecule has 0 aromatic rings. The van der Waals surface area contributed by atoms with Crippen LogP contribution < -0.4 is 0 Å². The van der Waals surface area contributed by atoms with E-state index in [1.165, 1.54) is 70.6 Å². The highest BCUT2D eigenvalue weighted by atomic mass is 16.6. The number of carbonyl (C=O) groups is 3. The van der Waals surface area contributed by atoms with E-state index in [2.05, 4.69) is 93.7 Å². The van der Waals surface area contributed by atoms with E-state index in [0.717, 1.165) is 109 Å². The second-order valence-electron chi connectivity index (χ2n) is 15.6. The zero-order valence-electron chi connectivity index (χ0n) is 37.8. The van der Waals surface area contributed by atoms with Crippen LogP contribution in [0.2, 0.25) is 0 Å². The quantitative estimate of drug-likeness (QED) is 0.0264. The van der Waals surface area contributed by atoms with Crippen molar-refractivity contribution in [2.24, 2.45) is 0 Å². The molecule has 6 nitrogen and oxygen atoms in total. The molecule has 0 aliphatic carbocycles. The second kappa shape index (κ2) is 46.5. The molecule has 0 saturated heterocycles. The van der Waals surface area contributed by atoms with Crippen molar-refractivity contribution < 1.29 is 28.6 Å². The van der Waals surface area contributed by atoms with E-state index < -0.39 is 6.10 Å². The van der Waals surface area contributed by atoms with Gasteiger partial charge in [-0.15, -0.1) is 0 Å². The van der Waals surface area contributed by atoms with Crippen LogP contribution in [0.5, 0.6) is 0 Å². The van der Waals surface area contributed by atoms with E-state index in [9.17, 15) is 14.4 Å². The van der Waals surface area contributed by atoms with Crippen LogP contribution >= 0.6 is 0 Å². The lowest BCUT2D eigenvalue weighted by atomic mass is 10.1. The number of hydrogen-bond donors (Lipinski definition) is 0. The van der Waals surface area contributed by atoms with Crippen molar-refractivity contribution in [3.8, 4) is 0 Å². The van der Waals surface area contributed by atoms with Gasteiger partial charge in [-0.2, -0.15) is 0 Å². The minimum atomic E-state index is -0.789. The Hall–Kier alpha value is -3.15. The lowest BCUT2D eigenvalue weighted by molar-refractivity contribution is -0.167. The number of allylic oxidation sites excluding steroid dienone is 12. The first kappa shape index (κ1) is 54.9. The van der Waals surface area contributed by atoms with Crippen molar-refractivity contribution >= 4 is 17.9 Å². The maximum Gasteiger partial charge on any atom is 0.306 e. The first-order valence-corrected chi connectivity index (χ1v) is 23.9. The molecule has 1 atom stereocenters. The summed E-state index contributed by atoms with van der Waals surface area (Å²) in [6.07, 6.45) is 57.4. The lowest BCUT2D eigenvalue weighted by Crippen LogP contribution is -2.30. The molecule has 1 unspecified atom stereocenters. The summed E-state index contributed by atoms with van der Waals surface area (Å²) in [7, 11) is 0. The Labute approximate surface area is 357 Å². The molecule has 0 heterocycles. The standard InChI is InChI=1S/C52H88O6/c1-4-7-10-13-16-19-22-23-24-25-26-27-28-29-31-33-36-39-42-45-51(54)57-48-49(47-56-50(53)44-41-38-35-32-21-18-15-12-9-6-3)58-52(55)46-43-40-37-34-30-20-17-14-11-8-5-2/h7,10,14,16-17,19,23-24,26-27,29,31,49H,4-6,8-9,11-13,15,18,20-22,25,28,30,32-48H2,1-3H3/b10-7-,17-14-,19-16-,24-23-,27-26-,31-29-. The molecule has 0 aromatic heterocycles. The number of ether oxygens (including phenoxy) is 3. The third-order valence-electron chi connectivity index (χ3n) is 9.95. The first-order chi connectivity index (χ1) is 28.5. The van der Waals surface area contributed by atoms with Crippen LogP contribution in [-0.2, 0) is 28.6 Å². The van der Waals surface area contributed by atoms with Crippen LogP contribution in [0, 0.1) is 0 Å². The zero-order valence-corrected chi connectivity index (χ0v) is 37.8. The van der Waals surface area contributed by atoms with Crippen LogP contribution in [0.4, 0.5) is 0 Å². The minimum Gasteiger partial charge on any atom is -0.462 e. The van der Waals surface area contributed by atoms with Crippen LogP contribution in [0.15, 0.2) is 72.9 Å². The maximum atomic E-state index is 12.7. The SMILES string of the molecule is CC/C=C\C/C=C\C/C=C\C/C=C\C/C=C\CCCCCC(=O)OCC(COC(=O)CCCCCCCCCCCC)OC(=O)CCCCCCC/C=C\CCCC. The van der Waals surface area contributed by atoms with Gasteiger partial charge in [0, 0.05) is 19.3 Å². The normalized spacial score (nSPS) is 12.7. The maximum absolute atomic E-state index is 12.7. The van der Waals surface area contributed by atoms with Crippen LogP contribution in [-0.4, -0.2) is 37.2 Å². The highest BCUT2D eigenvalue weighted by Crippen LogP contribution is 2.13. The van der Waals surface area contributed by atoms with Crippen LogP contribution in [0.3, 0.4) is 0 Å². The van der Waals surface area contributed by atoms with Gasteiger partial charge in [0.1, 0.15) is 13.2 Å². The van der Waals surface area contributed by atoms with Crippen molar-refractivity contribution in [2.45, 2.75) is 226 Å². The molecule has 332 valence electrons. The fourth-order valence-corrected chi connectivity index (χ4v) is 6.33. The van der Waals surface area contributed by atoms with Crippen molar-refractivity contribution in [3.05, 3.63) is 72.9 Å². The molecule has 0 bridgehead atoms. The molecule has 0 aliphatic heterocycles. The van der Waals surface area contributed by atoms with Gasteiger partial charge in [-0.3, -0.25) is 14.4 Å². The Kier molecular flexibility index (Phi) is 44.0. The summed E-state index contributed by atoms with van der Waals surface area (Å²) in [4.78, 5) is 37.8. The zero-order chi connectivity index (χ0) is 42.3. The van der Waals surface area contributed by atoms with Gasteiger partial charge in [-0.25, -0.2) is 0 Å². The highest BCUT2D eigenvalue weighted by molar-refractivity contribution is 5.71.